The van der Waals surface area contributed by atoms with Gasteiger partial charge in [-0.15, -0.1) is 0 Å². The van der Waals surface area contributed by atoms with Gasteiger partial charge >= 0.3 is 0 Å². The molecule has 0 atom stereocenters. The Morgan fingerprint density at radius 1 is 1.04 bits per heavy atom. The van der Waals surface area contributed by atoms with Crippen molar-refractivity contribution in [3.63, 3.8) is 0 Å². The fraction of sp³-hybridized carbons (Fsp3) is 0.450. The van der Waals surface area contributed by atoms with E-state index in [0.29, 0.717) is 17.1 Å². The number of hydrogen-bond donors (Lipinski definition) is 2. The number of nitrogens with zero attached hydrogens (tertiary/aromatic N) is 3. The molecule has 1 aromatic carbocycles. The van der Waals surface area contributed by atoms with E-state index in [2.05, 4.69) is 20.6 Å². The maximum Gasteiger partial charge on any atom is 0.272 e. The maximum absolute atomic E-state index is 12.9. The second-order valence-corrected chi connectivity index (χ2v) is 7.30. The SMILES string of the molecule is O=C(c1ccnc(Nc2ccccc2)n1)N1CCC2(CCNCC2)CC1. The Balaban J connectivity index is 1.41. The van der Waals surface area contributed by atoms with Gasteiger partial charge in [0.05, 0.1) is 0 Å². The van der Waals surface area contributed by atoms with E-state index in [4.69, 9.17) is 0 Å². The van der Waals surface area contributed by atoms with E-state index in [1.165, 1.54) is 12.8 Å². The first kappa shape index (κ1) is 17.0. The minimum Gasteiger partial charge on any atom is -0.337 e. The molecular formula is C20H25N5O. The van der Waals surface area contributed by atoms with Gasteiger partial charge in [-0.25, -0.2) is 9.97 Å². The van der Waals surface area contributed by atoms with Crippen LogP contribution in [0, 0.1) is 5.41 Å². The van der Waals surface area contributed by atoms with E-state index >= 15 is 0 Å². The molecule has 2 saturated heterocycles. The maximum atomic E-state index is 12.9. The lowest BCUT2D eigenvalue weighted by Gasteiger charge is -2.44. The molecule has 2 aliphatic rings. The van der Waals surface area contributed by atoms with Crippen molar-refractivity contribution in [2.75, 3.05) is 31.5 Å². The molecule has 26 heavy (non-hydrogen) atoms. The molecule has 1 spiro atoms. The van der Waals surface area contributed by atoms with E-state index < -0.39 is 0 Å². The number of benzene rings is 1. The number of rotatable bonds is 3. The molecule has 0 radical (unpaired) electrons. The Hall–Kier alpha value is -2.47. The standard InChI is InChI=1S/C20H25N5O/c26-18(25-14-9-20(10-15-25)7-12-21-13-8-20)17-6-11-22-19(24-17)23-16-4-2-1-3-5-16/h1-6,11,21H,7-10,12-15H2,(H,22,23,24). The largest absolute Gasteiger partial charge is 0.337 e. The highest BCUT2D eigenvalue weighted by Crippen LogP contribution is 2.39. The van der Waals surface area contributed by atoms with E-state index in [1.54, 1.807) is 12.3 Å². The van der Waals surface area contributed by atoms with Gasteiger partial charge in [0, 0.05) is 25.0 Å². The topological polar surface area (TPSA) is 70.2 Å². The van der Waals surface area contributed by atoms with Crippen molar-refractivity contribution in [1.82, 2.24) is 20.2 Å². The summed E-state index contributed by atoms with van der Waals surface area (Å²) in [6.07, 6.45) is 6.30. The van der Waals surface area contributed by atoms with Crippen LogP contribution in [0.2, 0.25) is 0 Å². The number of nitrogens with one attached hydrogen (secondary N) is 2. The summed E-state index contributed by atoms with van der Waals surface area (Å²) in [4.78, 5) is 23.5. The number of anilines is 2. The molecule has 2 N–H and O–H groups in total. The highest BCUT2D eigenvalue weighted by molar-refractivity contribution is 5.92. The molecule has 3 heterocycles. The first-order valence-corrected chi connectivity index (χ1v) is 9.39. The third-order valence-corrected chi connectivity index (χ3v) is 5.68. The van der Waals surface area contributed by atoms with Gasteiger partial charge in [0.25, 0.3) is 5.91 Å². The molecule has 6 nitrogen and oxygen atoms in total. The van der Waals surface area contributed by atoms with Crippen LogP contribution in [0.5, 0.6) is 0 Å². The lowest BCUT2D eigenvalue weighted by molar-refractivity contribution is 0.0491. The van der Waals surface area contributed by atoms with Gasteiger partial charge < -0.3 is 15.5 Å². The highest BCUT2D eigenvalue weighted by Gasteiger charge is 2.37. The molecule has 0 unspecified atom stereocenters. The summed E-state index contributed by atoms with van der Waals surface area (Å²) >= 11 is 0. The lowest BCUT2D eigenvalue weighted by Crippen LogP contribution is -2.47. The van der Waals surface area contributed by atoms with E-state index in [9.17, 15) is 4.79 Å². The molecule has 0 aliphatic carbocycles. The molecule has 2 aromatic rings. The monoisotopic (exact) mass is 351 g/mol. The number of aromatic nitrogens is 2. The molecule has 0 bridgehead atoms. The summed E-state index contributed by atoms with van der Waals surface area (Å²) in [6, 6.07) is 11.4. The zero-order valence-electron chi connectivity index (χ0n) is 14.9. The number of para-hydroxylation sites is 1. The molecule has 1 amide bonds. The first-order valence-electron chi connectivity index (χ1n) is 9.39. The van der Waals surface area contributed by atoms with Crippen LogP contribution in [0.25, 0.3) is 0 Å². The normalized spacial score (nSPS) is 19.3. The Kier molecular flexibility index (Phi) is 4.84. The summed E-state index contributed by atoms with van der Waals surface area (Å²) in [5.74, 6) is 0.459. The predicted molar refractivity (Wildman–Crippen MR) is 101 cm³/mol. The van der Waals surface area contributed by atoms with Gasteiger partial charge in [-0.05, 0) is 62.4 Å². The van der Waals surface area contributed by atoms with Gasteiger partial charge in [-0.2, -0.15) is 0 Å². The van der Waals surface area contributed by atoms with Gasteiger partial charge in [0.15, 0.2) is 0 Å². The first-order chi connectivity index (χ1) is 12.7. The number of carbonyl (C=O) groups is 1. The lowest BCUT2D eigenvalue weighted by atomic mass is 9.71. The zero-order chi connectivity index (χ0) is 17.8. The number of hydrogen-bond acceptors (Lipinski definition) is 5. The minimum absolute atomic E-state index is 0.00676. The number of amides is 1. The van der Waals surface area contributed by atoms with Crippen LogP contribution in [0.3, 0.4) is 0 Å². The van der Waals surface area contributed by atoms with Crippen LogP contribution in [0.4, 0.5) is 11.6 Å². The van der Waals surface area contributed by atoms with E-state index in [1.807, 2.05) is 35.2 Å². The van der Waals surface area contributed by atoms with Crippen LogP contribution >= 0.6 is 0 Å². The van der Waals surface area contributed by atoms with Crippen molar-refractivity contribution in [2.24, 2.45) is 5.41 Å². The fourth-order valence-corrected chi connectivity index (χ4v) is 3.99. The van der Waals surface area contributed by atoms with Crippen molar-refractivity contribution in [2.45, 2.75) is 25.7 Å². The van der Waals surface area contributed by atoms with Crippen molar-refractivity contribution < 1.29 is 4.79 Å². The van der Waals surface area contributed by atoms with E-state index in [-0.39, 0.29) is 5.91 Å². The molecule has 2 fully saturated rings. The van der Waals surface area contributed by atoms with Gasteiger partial charge in [0.1, 0.15) is 5.69 Å². The smallest absolute Gasteiger partial charge is 0.272 e. The van der Waals surface area contributed by atoms with Gasteiger partial charge in [-0.3, -0.25) is 4.79 Å². The van der Waals surface area contributed by atoms with Crippen molar-refractivity contribution in [3.8, 4) is 0 Å². The van der Waals surface area contributed by atoms with Crippen LogP contribution in [-0.2, 0) is 0 Å². The fourth-order valence-electron chi connectivity index (χ4n) is 3.99. The summed E-state index contributed by atoms with van der Waals surface area (Å²) < 4.78 is 0. The summed E-state index contributed by atoms with van der Waals surface area (Å²) in [7, 11) is 0. The van der Waals surface area contributed by atoms with Crippen molar-refractivity contribution in [3.05, 3.63) is 48.3 Å². The zero-order valence-corrected chi connectivity index (χ0v) is 14.9. The van der Waals surface area contributed by atoms with Crippen LogP contribution in [0.1, 0.15) is 36.2 Å². The van der Waals surface area contributed by atoms with Crippen LogP contribution in [-0.4, -0.2) is 47.0 Å². The van der Waals surface area contributed by atoms with Crippen molar-refractivity contribution in [1.29, 1.82) is 0 Å². The summed E-state index contributed by atoms with van der Waals surface area (Å²) in [6.45, 7) is 3.86. The number of piperidine rings is 2. The van der Waals surface area contributed by atoms with Gasteiger partial charge in [0.2, 0.25) is 5.95 Å². The van der Waals surface area contributed by atoms with Crippen molar-refractivity contribution >= 4 is 17.5 Å². The molecule has 1 aromatic heterocycles. The summed E-state index contributed by atoms with van der Waals surface area (Å²) in [5.41, 5.74) is 1.80. The van der Waals surface area contributed by atoms with Crippen LogP contribution < -0.4 is 10.6 Å². The molecule has 2 aliphatic heterocycles. The van der Waals surface area contributed by atoms with E-state index in [0.717, 1.165) is 44.7 Å². The average Bonchev–Trinajstić information content (AvgIpc) is 2.70. The summed E-state index contributed by atoms with van der Waals surface area (Å²) in [5, 5.41) is 6.59. The molecule has 6 heteroatoms. The molecule has 4 rings (SSSR count). The second kappa shape index (κ2) is 7.41. The number of carbonyl (C=O) groups excluding carboxylic acids is 1. The Labute approximate surface area is 154 Å². The number of likely N-dealkylation sites (tertiary alicyclic amines) is 1. The van der Waals surface area contributed by atoms with Crippen LogP contribution in [0.15, 0.2) is 42.6 Å². The highest BCUT2D eigenvalue weighted by atomic mass is 16.2. The quantitative estimate of drug-likeness (QED) is 0.890. The Bertz CT molecular complexity index is 748. The predicted octanol–water partition coefficient (Wildman–Crippen LogP) is 2.83. The Morgan fingerprint density at radius 3 is 2.50 bits per heavy atom. The van der Waals surface area contributed by atoms with Gasteiger partial charge in [-0.1, -0.05) is 18.2 Å². The minimum atomic E-state index is 0.00676. The molecule has 0 saturated carbocycles. The molecule has 136 valence electrons. The Morgan fingerprint density at radius 2 is 1.77 bits per heavy atom. The molecular weight excluding hydrogens is 326 g/mol. The third kappa shape index (κ3) is 3.70. The third-order valence-electron chi connectivity index (χ3n) is 5.68. The average molecular weight is 351 g/mol. The second-order valence-electron chi connectivity index (χ2n) is 7.30.